The number of rotatable bonds is 2. The van der Waals surface area contributed by atoms with Gasteiger partial charge in [-0.1, -0.05) is 27.0 Å². The fraction of sp³-hybridized carbons (Fsp3) is 0.455. The van der Waals surface area contributed by atoms with Crippen LogP contribution in [0.3, 0.4) is 0 Å². The number of allylic oxidation sites excluding steroid dienone is 2. The first kappa shape index (κ1) is 11.8. The Morgan fingerprint density at radius 3 is 1.54 bits per heavy atom. The molecule has 0 saturated carbocycles. The molecule has 0 spiro atoms. The van der Waals surface area contributed by atoms with Crippen LogP contribution in [0.5, 0.6) is 0 Å². The van der Waals surface area contributed by atoms with Crippen LogP contribution in [0.15, 0.2) is 34.3 Å². The second-order valence-corrected chi connectivity index (χ2v) is 2.72. The molecule has 1 aliphatic rings. The molecule has 1 rings (SSSR count). The lowest BCUT2D eigenvalue weighted by Crippen LogP contribution is -2.12. The zero-order valence-corrected chi connectivity index (χ0v) is 9.02. The van der Waals surface area contributed by atoms with E-state index in [0.29, 0.717) is 6.67 Å². The van der Waals surface area contributed by atoms with E-state index in [-0.39, 0.29) is 0 Å². The van der Waals surface area contributed by atoms with Gasteiger partial charge < -0.3 is 0 Å². The highest BCUT2D eigenvalue weighted by atomic mass is 15.0. The van der Waals surface area contributed by atoms with E-state index in [1.165, 1.54) is 0 Å². The molecule has 2 nitrogen and oxygen atoms in total. The second-order valence-electron chi connectivity index (χ2n) is 2.72. The van der Waals surface area contributed by atoms with E-state index in [0.717, 1.165) is 22.6 Å². The van der Waals surface area contributed by atoms with Crippen LogP contribution in [-0.2, 0) is 0 Å². The Labute approximate surface area is 80.8 Å². The summed E-state index contributed by atoms with van der Waals surface area (Å²) in [6.45, 7) is 16.0. The van der Waals surface area contributed by atoms with Gasteiger partial charge in [0.25, 0.3) is 0 Å². The molecular weight excluding hydrogens is 160 g/mol. The largest absolute Gasteiger partial charge is 0.259 e. The summed E-state index contributed by atoms with van der Waals surface area (Å²) in [7, 11) is 0. The van der Waals surface area contributed by atoms with Crippen molar-refractivity contribution in [3.63, 3.8) is 0 Å². The van der Waals surface area contributed by atoms with Crippen molar-refractivity contribution in [2.75, 3.05) is 6.67 Å². The molecule has 0 N–H and O–H groups in total. The van der Waals surface area contributed by atoms with Crippen molar-refractivity contribution in [1.82, 2.24) is 0 Å². The first-order valence-corrected chi connectivity index (χ1v) is 4.54. The SMILES string of the molecule is C=C(C)C1=NCN=C1C(=C)C.CC. The van der Waals surface area contributed by atoms with Gasteiger partial charge in [0.05, 0.1) is 11.4 Å². The van der Waals surface area contributed by atoms with Crippen molar-refractivity contribution in [3.8, 4) is 0 Å². The predicted molar refractivity (Wildman–Crippen MR) is 60.7 cm³/mol. The minimum Gasteiger partial charge on any atom is -0.259 e. The predicted octanol–water partition coefficient (Wildman–Crippen LogP) is 3.02. The van der Waals surface area contributed by atoms with Crippen molar-refractivity contribution >= 4 is 11.4 Å². The maximum absolute atomic E-state index is 4.19. The Hall–Kier alpha value is -1.18. The van der Waals surface area contributed by atoms with Crippen molar-refractivity contribution in [1.29, 1.82) is 0 Å². The summed E-state index contributed by atoms with van der Waals surface area (Å²) < 4.78 is 0. The van der Waals surface area contributed by atoms with Gasteiger partial charge in [0, 0.05) is 0 Å². The lowest BCUT2D eigenvalue weighted by atomic mass is 10.1. The molecule has 0 saturated heterocycles. The minimum absolute atomic E-state index is 0.532. The molecule has 0 aliphatic carbocycles. The molecule has 1 heterocycles. The molecule has 0 atom stereocenters. The first-order valence-electron chi connectivity index (χ1n) is 4.54. The summed E-state index contributed by atoms with van der Waals surface area (Å²) >= 11 is 0. The lowest BCUT2D eigenvalue weighted by Gasteiger charge is -2.02. The number of hydrogen-bond donors (Lipinski definition) is 0. The van der Waals surface area contributed by atoms with E-state index in [4.69, 9.17) is 0 Å². The fourth-order valence-electron chi connectivity index (χ4n) is 1.00. The third-order valence-corrected chi connectivity index (χ3v) is 1.49. The molecule has 0 aromatic rings. The van der Waals surface area contributed by atoms with Crippen LogP contribution in [0.1, 0.15) is 27.7 Å². The van der Waals surface area contributed by atoms with Gasteiger partial charge in [0.1, 0.15) is 6.67 Å². The van der Waals surface area contributed by atoms with Crippen LogP contribution in [0.4, 0.5) is 0 Å². The van der Waals surface area contributed by atoms with Crippen LogP contribution >= 0.6 is 0 Å². The van der Waals surface area contributed by atoms with Gasteiger partial charge in [0.15, 0.2) is 0 Å². The molecule has 2 heteroatoms. The number of aliphatic imine (C=N–C) groups is 2. The quantitative estimate of drug-likeness (QED) is 0.621. The lowest BCUT2D eigenvalue weighted by molar-refractivity contribution is 1.10. The highest BCUT2D eigenvalue weighted by molar-refractivity contribution is 6.53. The van der Waals surface area contributed by atoms with Crippen LogP contribution in [0.2, 0.25) is 0 Å². The highest BCUT2D eigenvalue weighted by Crippen LogP contribution is 2.09. The maximum Gasteiger partial charge on any atom is 0.130 e. The van der Waals surface area contributed by atoms with E-state index in [1.807, 2.05) is 27.7 Å². The van der Waals surface area contributed by atoms with Gasteiger partial charge in [-0.25, -0.2) is 0 Å². The highest BCUT2D eigenvalue weighted by Gasteiger charge is 2.13. The summed E-state index contributed by atoms with van der Waals surface area (Å²) in [6, 6.07) is 0. The third-order valence-electron chi connectivity index (χ3n) is 1.49. The zero-order valence-electron chi connectivity index (χ0n) is 9.02. The van der Waals surface area contributed by atoms with Crippen molar-refractivity contribution < 1.29 is 0 Å². The topological polar surface area (TPSA) is 24.7 Å². The summed E-state index contributed by atoms with van der Waals surface area (Å²) in [4.78, 5) is 8.38. The molecule has 0 amide bonds. The van der Waals surface area contributed by atoms with Crippen LogP contribution in [0, 0.1) is 0 Å². The summed E-state index contributed by atoms with van der Waals surface area (Å²) in [6.07, 6.45) is 0. The maximum atomic E-state index is 4.19. The van der Waals surface area contributed by atoms with Crippen molar-refractivity contribution in [3.05, 3.63) is 24.3 Å². The third kappa shape index (κ3) is 2.98. The van der Waals surface area contributed by atoms with Crippen LogP contribution < -0.4 is 0 Å². The molecule has 0 aromatic heterocycles. The smallest absolute Gasteiger partial charge is 0.130 e. The first-order chi connectivity index (χ1) is 6.13. The monoisotopic (exact) mass is 178 g/mol. The van der Waals surface area contributed by atoms with Gasteiger partial charge in [-0.2, -0.15) is 0 Å². The Balaban J connectivity index is 0.000000671. The Morgan fingerprint density at radius 2 is 1.31 bits per heavy atom. The molecule has 1 aliphatic heterocycles. The Kier molecular flexibility index (Phi) is 4.97. The molecule has 72 valence electrons. The summed E-state index contributed by atoms with van der Waals surface area (Å²) in [5.41, 5.74) is 3.75. The molecule has 0 fully saturated rings. The van der Waals surface area contributed by atoms with Crippen molar-refractivity contribution in [2.24, 2.45) is 9.98 Å². The molecule has 0 unspecified atom stereocenters. The summed E-state index contributed by atoms with van der Waals surface area (Å²) in [5, 5.41) is 0. The normalized spacial score (nSPS) is 13.8. The molecular formula is C11H18N2. The van der Waals surface area contributed by atoms with E-state index >= 15 is 0 Å². The van der Waals surface area contributed by atoms with Crippen LogP contribution in [0.25, 0.3) is 0 Å². The molecule has 0 radical (unpaired) electrons. The average molecular weight is 178 g/mol. The minimum atomic E-state index is 0.532. The number of hydrogen-bond acceptors (Lipinski definition) is 2. The Morgan fingerprint density at radius 1 is 1.00 bits per heavy atom. The van der Waals surface area contributed by atoms with Crippen LogP contribution in [-0.4, -0.2) is 18.1 Å². The molecule has 0 aromatic carbocycles. The van der Waals surface area contributed by atoms with Gasteiger partial charge in [0.2, 0.25) is 0 Å². The fourth-order valence-corrected chi connectivity index (χ4v) is 1.00. The van der Waals surface area contributed by atoms with E-state index in [2.05, 4.69) is 23.1 Å². The van der Waals surface area contributed by atoms with Gasteiger partial charge in [-0.05, 0) is 25.0 Å². The van der Waals surface area contributed by atoms with Gasteiger partial charge >= 0.3 is 0 Å². The van der Waals surface area contributed by atoms with Gasteiger partial charge in [-0.15, -0.1) is 0 Å². The average Bonchev–Trinajstić information content (AvgIpc) is 2.55. The van der Waals surface area contributed by atoms with E-state index in [1.54, 1.807) is 0 Å². The molecule has 0 bridgehead atoms. The van der Waals surface area contributed by atoms with E-state index < -0.39 is 0 Å². The van der Waals surface area contributed by atoms with E-state index in [9.17, 15) is 0 Å². The standard InChI is InChI=1S/C9H12N2.C2H6/c1-6(2)8-9(7(3)4)11-5-10-8;1-2/h1,3,5H2,2,4H3;1-2H3. The summed E-state index contributed by atoms with van der Waals surface area (Å²) in [5.74, 6) is 0. The van der Waals surface area contributed by atoms with Crippen molar-refractivity contribution in [2.45, 2.75) is 27.7 Å². The zero-order chi connectivity index (χ0) is 10.4. The molecule has 13 heavy (non-hydrogen) atoms. The number of nitrogens with zero attached hydrogens (tertiary/aromatic N) is 2. The van der Waals surface area contributed by atoms with Gasteiger partial charge in [-0.3, -0.25) is 9.98 Å². The Bertz CT molecular complexity index is 242. The second kappa shape index (κ2) is 5.46.